The molecule has 0 amide bonds. The molecule has 18 heavy (non-hydrogen) atoms. The average molecular weight is 244 g/mol. The van der Waals surface area contributed by atoms with Gasteiger partial charge in [-0.1, -0.05) is 24.6 Å². The van der Waals surface area contributed by atoms with E-state index in [1.807, 2.05) is 13.0 Å². The molecule has 2 aliphatic rings. The van der Waals surface area contributed by atoms with Crippen molar-refractivity contribution in [3.8, 4) is 0 Å². The Bertz CT molecular complexity index is 497. The first-order valence-electron chi connectivity index (χ1n) is 6.24. The molecule has 2 aliphatic carbocycles. The number of fused-ring (bicyclic) bond motifs is 1. The van der Waals surface area contributed by atoms with Crippen molar-refractivity contribution in [1.29, 1.82) is 0 Å². The highest BCUT2D eigenvalue weighted by Gasteiger charge is 2.57. The van der Waals surface area contributed by atoms with Crippen LogP contribution in [0.4, 0.5) is 0 Å². The van der Waals surface area contributed by atoms with E-state index in [4.69, 9.17) is 11.5 Å². The number of ketones is 1. The lowest BCUT2D eigenvalue weighted by Gasteiger charge is -2.22. The molecule has 1 saturated carbocycles. The van der Waals surface area contributed by atoms with Crippen molar-refractivity contribution in [2.24, 2.45) is 22.8 Å². The molecule has 0 heterocycles. The van der Waals surface area contributed by atoms with Crippen LogP contribution in [0.1, 0.15) is 26.7 Å². The van der Waals surface area contributed by atoms with E-state index >= 15 is 0 Å². The summed E-state index contributed by atoms with van der Waals surface area (Å²) in [6, 6.07) is 0. The van der Waals surface area contributed by atoms with Gasteiger partial charge in [0.25, 0.3) is 0 Å². The number of allylic oxidation sites excluding steroid dienone is 6. The quantitative estimate of drug-likeness (QED) is 0.747. The summed E-state index contributed by atoms with van der Waals surface area (Å²) in [7, 11) is 0. The normalized spacial score (nSPS) is 32.4. The Morgan fingerprint density at radius 1 is 1.39 bits per heavy atom. The first-order chi connectivity index (χ1) is 8.53. The number of hydrogen-bond donors (Lipinski definition) is 2. The maximum atomic E-state index is 12.4. The minimum atomic E-state index is 0.199. The van der Waals surface area contributed by atoms with Crippen molar-refractivity contribution in [3.63, 3.8) is 0 Å². The molecule has 0 aliphatic heterocycles. The van der Waals surface area contributed by atoms with Crippen LogP contribution in [0, 0.1) is 11.3 Å². The predicted octanol–water partition coefficient (Wildman–Crippen LogP) is 2.17. The van der Waals surface area contributed by atoms with Crippen molar-refractivity contribution >= 4 is 5.78 Å². The van der Waals surface area contributed by atoms with E-state index in [1.165, 1.54) is 12.4 Å². The number of Topliss-reactive ketones (excluding diaryl/α,β-unsaturated/α-hetero) is 1. The molecule has 96 valence electrons. The molecule has 0 aromatic rings. The molecular formula is C15H20N2O. The van der Waals surface area contributed by atoms with Gasteiger partial charge in [0.15, 0.2) is 5.78 Å². The van der Waals surface area contributed by atoms with Gasteiger partial charge in [-0.3, -0.25) is 4.79 Å². The van der Waals surface area contributed by atoms with Crippen LogP contribution in [0.15, 0.2) is 47.3 Å². The second-order valence-electron chi connectivity index (χ2n) is 5.47. The molecule has 0 aromatic carbocycles. The average Bonchev–Trinajstić information content (AvgIpc) is 2.99. The number of carbonyl (C=O) groups is 1. The van der Waals surface area contributed by atoms with Crippen LogP contribution < -0.4 is 11.5 Å². The van der Waals surface area contributed by atoms with Gasteiger partial charge in [0, 0.05) is 23.3 Å². The smallest absolute Gasteiger partial charge is 0.167 e. The van der Waals surface area contributed by atoms with Gasteiger partial charge in [-0.05, 0) is 37.5 Å². The van der Waals surface area contributed by atoms with E-state index in [-0.39, 0.29) is 17.1 Å². The van der Waals surface area contributed by atoms with Gasteiger partial charge in [0.1, 0.15) is 0 Å². The molecule has 2 rings (SSSR count). The van der Waals surface area contributed by atoms with Crippen molar-refractivity contribution in [3.05, 3.63) is 47.3 Å². The largest absolute Gasteiger partial charge is 0.405 e. The van der Waals surface area contributed by atoms with E-state index in [0.717, 1.165) is 29.6 Å². The van der Waals surface area contributed by atoms with Gasteiger partial charge >= 0.3 is 0 Å². The van der Waals surface area contributed by atoms with Crippen LogP contribution in [-0.2, 0) is 4.79 Å². The minimum Gasteiger partial charge on any atom is -0.405 e. The van der Waals surface area contributed by atoms with Crippen LogP contribution in [-0.4, -0.2) is 5.78 Å². The van der Waals surface area contributed by atoms with Crippen LogP contribution in [0.5, 0.6) is 0 Å². The standard InChI is InChI=1S/C15H20N2O/c1-10-7-15(2)8-12(15)14(18)13(10)11(9-17)5-3-4-6-16/h3-6,9,12H,7-8,16-17H2,1-2H3/b5-3-,6-4-,11-9+. The van der Waals surface area contributed by atoms with Crippen LogP contribution in [0.25, 0.3) is 0 Å². The first-order valence-corrected chi connectivity index (χ1v) is 6.24. The summed E-state index contributed by atoms with van der Waals surface area (Å²) >= 11 is 0. The molecule has 2 unspecified atom stereocenters. The fourth-order valence-corrected chi connectivity index (χ4v) is 2.92. The van der Waals surface area contributed by atoms with Crippen LogP contribution in [0.3, 0.4) is 0 Å². The highest BCUT2D eigenvalue weighted by atomic mass is 16.1. The molecule has 0 radical (unpaired) electrons. The third-order valence-electron chi connectivity index (χ3n) is 3.98. The maximum Gasteiger partial charge on any atom is 0.167 e. The highest BCUT2D eigenvalue weighted by Crippen LogP contribution is 2.61. The Morgan fingerprint density at radius 2 is 2.11 bits per heavy atom. The van der Waals surface area contributed by atoms with Gasteiger partial charge in [-0.25, -0.2) is 0 Å². The number of rotatable bonds is 3. The summed E-state index contributed by atoms with van der Waals surface area (Å²) in [4.78, 5) is 12.4. The molecule has 1 fully saturated rings. The Hall–Kier alpha value is -1.77. The van der Waals surface area contributed by atoms with Crippen molar-refractivity contribution < 1.29 is 4.79 Å². The fourth-order valence-electron chi connectivity index (χ4n) is 2.92. The molecule has 4 N–H and O–H groups in total. The predicted molar refractivity (Wildman–Crippen MR) is 73.3 cm³/mol. The van der Waals surface area contributed by atoms with Gasteiger partial charge in [0.05, 0.1) is 0 Å². The molecule has 2 atom stereocenters. The van der Waals surface area contributed by atoms with Crippen LogP contribution in [0.2, 0.25) is 0 Å². The van der Waals surface area contributed by atoms with Gasteiger partial charge in [-0.15, -0.1) is 0 Å². The Balaban J connectivity index is 2.31. The molecular weight excluding hydrogens is 224 g/mol. The number of nitrogens with two attached hydrogens (primary N) is 2. The van der Waals surface area contributed by atoms with Crippen molar-refractivity contribution in [1.82, 2.24) is 0 Å². The molecule has 3 heteroatoms. The van der Waals surface area contributed by atoms with Crippen molar-refractivity contribution in [2.75, 3.05) is 0 Å². The zero-order valence-corrected chi connectivity index (χ0v) is 10.9. The summed E-state index contributed by atoms with van der Waals surface area (Å²) in [5, 5.41) is 0. The van der Waals surface area contributed by atoms with Gasteiger partial charge in [0.2, 0.25) is 0 Å². The van der Waals surface area contributed by atoms with E-state index in [2.05, 4.69) is 6.92 Å². The first kappa shape index (κ1) is 12.7. The summed E-state index contributed by atoms with van der Waals surface area (Å²) < 4.78 is 0. The third kappa shape index (κ3) is 2.01. The molecule has 3 nitrogen and oxygen atoms in total. The van der Waals surface area contributed by atoms with Gasteiger partial charge in [-0.2, -0.15) is 0 Å². The van der Waals surface area contributed by atoms with E-state index in [0.29, 0.717) is 0 Å². The molecule has 0 saturated heterocycles. The highest BCUT2D eigenvalue weighted by molar-refractivity contribution is 6.05. The summed E-state index contributed by atoms with van der Waals surface area (Å²) in [5.41, 5.74) is 13.9. The topological polar surface area (TPSA) is 69.1 Å². The summed E-state index contributed by atoms with van der Waals surface area (Å²) in [5.74, 6) is 0.448. The minimum absolute atomic E-state index is 0.199. The van der Waals surface area contributed by atoms with Crippen LogP contribution >= 0.6 is 0 Å². The zero-order chi connectivity index (χ0) is 13.3. The molecule has 0 bridgehead atoms. The summed E-state index contributed by atoms with van der Waals surface area (Å²) in [6.07, 6.45) is 10.3. The van der Waals surface area contributed by atoms with E-state index in [9.17, 15) is 4.79 Å². The van der Waals surface area contributed by atoms with E-state index < -0.39 is 0 Å². The fraction of sp³-hybridized carbons (Fsp3) is 0.400. The van der Waals surface area contributed by atoms with Crippen molar-refractivity contribution in [2.45, 2.75) is 26.7 Å². The summed E-state index contributed by atoms with van der Waals surface area (Å²) in [6.45, 7) is 4.22. The second-order valence-corrected chi connectivity index (χ2v) is 5.47. The lowest BCUT2D eigenvalue weighted by Crippen LogP contribution is -2.20. The lowest BCUT2D eigenvalue weighted by atomic mass is 9.81. The number of hydrogen-bond acceptors (Lipinski definition) is 3. The maximum absolute atomic E-state index is 12.4. The molecule has 0 spiro atoms. The number of carbonyl (C=O) groups excluding carboxylic acids is 1. The lowest BCUT2D eigenvalue weighted by molar-refractivity contribution is -0.117. The Kier molecular flexibility index (Phi) is 3.16. The SMILES string of the molecule is CC1=C(C(/C=C\C=C/N)=C/N)C(=O)C2CC2(C)C1. The molecule has 0 aromatic heterocycles. The third-order valence-corrected chi connectivity index (χ3v) is 3.98. The Morgan fingerprint density at radius 3 is 2.72 bits per heavy atom. The monoisotopic (exact) mass is 244 g/mol. The Labute approximate surface area is 108 Å². The van der Waals surface area contributed by atoms with Gasteiger partial charge < -0.3 is 11.5 Å². The second kappa shape index (κ2) is 4.48. The zero-order valence-electron chi connectivity index (χ0n) is 10.9. The van der Waals surface area contributed by atoms with E-state index in [1.54, 1.807) is 12.2 Å².